The third kappa shape index (κ3) is 3.29. The Bertz CT molecular complexity index is 641. The number of piperidine rings is 1. The van der Waals surface area contributed by atoms with Gasteiger partial charge in [0.05, 0.1) is 6.04 Å². The lowest BCUT2D eigenvalue weighted by Crippen LogP contribution is -2.51. The lowest BCUT2D eigenvalue weighted by atomic mass is 10.0. The van der Waals surface area contributed by atoms with E-state index in [4.69, 9.17) is 5.73 Å². The molecule has 0 aliphatic carbocycles. The van der Waals surface area contributed by atoms with Crippen molar-refractivity contribution in [2.75, 3.05) is 19.6 Å². The van der Waals surface area contributed by atoms with Crippen LogP contribution in [-0.4, -0.2) is 53.3 Å². The molecule has 1 aromatic carbocycles. The summed E-state index contributed by atoms with van der Waals surface area (Å²) in [7, 11) is 0. The summed E-state index contributed by atoms with van der Waals surface area (Å²) in [4.78, 5) is 28.1. The highest BCUT2D eigenvalue weighted by Crippen LogP contribution is 2.26. The Morgan fingerprint density at radius 2 is 1.88 bits per heavy atom. The molecule has 0 aromatic heterocycles. The van der Waals surface area contributed by atoms with Gasteiger partial charge in [0.25, 0.3) is 5.91 Å². The van der Waals surface area contributed by atoms with Crippen molar-refractivity contribution in [1.82, 2.24) is 9.80 Å². The molecule has 0 spiro atoms. The molecule has 0 bridgehead atoms. The number of amides is 2. The number of primary amides is 1. The maximum absolute atomic E-state index is 13.7. The molecule has 0 radical (unpaired) electrons. The van der Waals surface area contributed by atoms with Crippen molar-refractivity contribution in [3.05, 3.63) is 35.1 Å². The number of likely N-dealkylation sites (tertiary alicyclic amines) is 2. The normalized spacial score (nSPS) is 22.8. The lowest BCUT2D eigenvalue weighted by Gasteiger charge is -2.38. The van der Waals surface area contributed by atoms with Crippen LogP contribution >= 0.6 is 0 Å². The molecule has 2 heterocycles. The Hall–Kier alpha value is -1.95. The van der Waals surface area contributed by atoms with Crippen molar-refractivity contribution in [1.29, 1.82) is 0 Å². The topological polar surface area (TPSA) is 66.6 Å². The van der Waals surface area contributed by atoms with E-state index in [9.17, 15) is 14.0 Å². The van der Waals surface area contributed by atoms with Gasteiger partial charge in [-0.3, -0.25) is 14.5 Å². The molecule has 2 aliphatic rings. The summed E-state index contributed by atoms with van der Waals surface area (Å²) >= 11 is 0. The number of hydrogen-bond donors (Lipinski definition) is 1. The molecular weight excluding hydrogens is 309 g/mol. The summed E-state index contributed by atoms with van der Waals surface area (Å²) in [5, 5.41) is 0. The molecule has 2 fully saturated rings. The molecule has 1 atom stereocenters. The van der Waals surface area contributed by atoms with E-state index in [-0.39, 0.29) is 23.7 Å². The fourth-order valence-electron chi connectivity index (χ4n) is 3.84. The van der Waals surface area contributed by atoms with Gasteiger partial charge in [-0.15, -0.1) is 0 Å². The minimum Gasteiger partial charge on any atom is -0.368 e. The number of halogens is 1. The molecule has 3 rings (SSSR count). The van der Waals surface area contributed by atoms with E-state index >= 15 is 0 Å². The molecule has 2 aliphatic heterocycles. The van der Waals surface area contributed by atoms with Gasteiger partial charge in [0.15, 0.2) is 0 Å². The van der Waals surface area contributed by atoms with E-state index in [1.165, 1.54) is 6.07 Å². The van der Waals surface area contributed by atoms with Gasteiger partial charge in [0.2, 0.25) is 5.91 Å². The van der Waals surface area contributed by atoms with E-state index in [1.807, 2.05) is 0 Å². The first-order chi connectivity index (χ1) is 11.5. The van der Waals surface area contributed by atoms with Gasteiger partial charge in [-0.25, -0.2) is 4.39 Å². The van der Waals surface area contributed by atoms with Crippen molar-refractivity contribution in [3.63, 3.8) is 0 Å². The Morgan fingerprint density at radius 1 is 1.17 bits per heavy atom. The second-order valence-electron chi connectivity index (χ2n) is 6.79. The number of aryl methyl sites for hydroxylation is 1. The average Bonchev–Trinajstić information content (AvgIpc) is 3.07. The van der Waals surface area contributed by atoms with Crippen molar-refractivity contribution in [2.45, 2.75) is 44.7 Å². The van der Waals surface area contributed by atoms with Gasteiger partial charge in [-0.05, 0) is 56.8 Å². The molecule has 130 valence electrons. The molecule has 2 N–H and O–H groups in total. The highest BCUT2D eigenvalue weighted by atomic mass is 19.1. The fourth-order valence-corrected chi connectivity index (χ4v) is 3.84. The van der Waals surface area contributed by atoms with Gasteiger partial charge in [0, 0.05) is 24.7 Å². The van der Waals surface area contributed by atoms with Crippen LogP contribution in [0.1, 0.15) is 41.6 Å². The number of nitrogens with two attached hydrogens (primary N) is 1. The van der Waals surface area contributed by atoms with Crippen LogP contribution in [0.5, 0.6) is 0 Å². The minimum absolute atomic E-state index is 0.125. The van der Waals surface area contributed by atoms with Gasteiger partial charge < -0.3 is 10.6 Å². The van der Waals surface area contributed by atoms with Gasteiger partial charge in [0.1, 0.15) is 5.82 Å². The first-order valence-electron chi connectivity index (χ1n) is 8.58. The van der Waals surface area contributed by atoms with E-state index in [0.717, 1.165) is 32.2 Å². The Balaban J connectivity index is 1.61. The molecule has 1 unspecified atom stereocenters. The van der Waals surface area contributed by atoms with Crippen molar-refractivity contribution >= 4 is 11.8 Å². The first-order valence-corrected chi connectivity index (χ1v) is 8.58. The number of hydrogen-bond acceptors (Lipinski definition) is 3. The van der Waals surface area contributed by atoms with Crippen LogP contribution in [0.3, 0.4) is 0 Å². The standard InChI is InChI=1S/C18H24FN3O2/c1-12-4-5-13(11-15(12)19)18(24)21-9-6-14(7-10-21)22-8-2-3-16(22)17(20)23/h4-5,11,14,16H,2-3,6-10H2,1H3,(H2,20,23). The van der Waals surface area contributed by atoms with Crippen molar-refractivity contribution in [3.8, 4) is 0 Å². The molecule has 2 amide bonds. The molecule has 5 nitrogen and oxygen atoms in total. The van der Waals surface area contributed by atoms with Crippen LogP contribution in [0, 0.1) is 12.7 Å². The zero-order valence-corrected chi connectivity index (χ0v) is 14.0. The second kappa shape index (κ2) is 6.89. The zero-order chi connectivity index (χ0) is 17.3. The summed E-state index contributed by atoms with van der Waals surface area (Å²) in [5.74, 6) is -0.724. The summed E-state index contributed by atoms with van der Waals surface area (Å²) in [5.41, 5.74) is 6.43. The monoisotopic (exact) mass is 333 g/mol. The van der Waals surface area contributed by atoms with Crippen molar-refractivity contribution in [2.24, 2.45) is 5.73 Å². The molecule has 24 heavy (non-hydrogen) atoms. The van der Waals surface area contributed by atoms with Crippen LogP contribution in [-0.2, 0) is 4.79 Å². The smallest absolute Gasteiger partial charge is 0.253 e. The predicted octanol–water partition coefficient (Wildman–Crippen LogP) is 1.69. The zero-order valence-electron chi connectivity index (χ0n) is 14.0. The maximum atomic E-state index is 13.7. The Morgan fingerprint density at radius 3 is 2.50 bits per heavy atom. The van der Waals surface area contributed by atoms with Crippen LogP contribution in [0.2, 0.25) is 0 Å². The second-order valence-corrected chi connectivity index (χ2v) is 6.79. The third-order valence-corrected chi connectivity index (χ3v) is 5.26. The van der Waals surface area contributed by atoms with Gasteiger partial charge >= 0.3 is 0 Å². The van der Waals surface area contributed by atoms with E-state index in [2.05, 4.69) is 4.90 Å². The maximum Gasteiger partial charge on any atom is 0.253 e. The van der Waals surface area contributed by atoms with E-state index in [0.29, 0.717) is 30.3 Å². The number of nitrogens with zero attached hydrogens (tertiary/aromatic N) is 2. The Kier molecular flexibility index (Phi) is 4.85. The Labute approximate surface area is 141 Å². The summed E-state index contributed by atoms with van der Waals surface area (Å²) in [6.07, 6.45) is 3.47. The quantitative estimate of drug-likeness (QED) is 0.915. The molecular formula is C18H24FN3O2. The SMILES string of the molecule is Cc1ccc(C(=O)N2CCC(N3CCCC3C(N)=O)CC2)cc1F. The number of carbonyl (C=O) groups is 2. The molecule has 2 saturated heterocycles. The minimum atomic E-state index is -0.350. The summed E-state index contributed by atoms with van der Waals surface area (Å²) < 4.78 is 13.7. The van der Waals surface area contributed by atoms with Crippen LogP contribution < -0.4 is 5.73 Å². The van der Waals surface area contributed by atoms with Crippen LogP contribution in [0.4, 0.5) is 4.39 Å². The van der Waals surface area contributed by atoms with Crippen molar-refractivity contribution < 1.29 is 14.0 Å². The van der Waals surface area contributed by atoms with Gasteiger partial charge in [-0.1, -0.05) is 6.07 Å². The van der Waals surface area contributed by atoms with E-state index in [1.54, 1.807) is 24.0 Å². The van der Waals surface area contributed by atoms with Gasteiger partial charge in [-0.2, -0.15) is 0 Å². The fraction of sp³-hybridized carbons (Fsp3) is 0.556. The number of rotatable bonds is 3. The van der Waals surface area contributed by atoms with Crippen LogP contribution in [0.15, 0.2) is 18.2 Å². The first kappa shape index (κ1) is 16.9. The lowest BCUT2D eigenvalue weighted by molar-refractivity contribution is -0.123. The predicted molar refractivity (Wildman–Crippen MR) is 89.0 cm³/mol. The largest absolute Gasteiger partial charge is 0.368 e. The molecule has 6 heteroatoms. The van der Waals surface area contributed by atoms with Crippen LogP contribution in [0.25, 0.3) is 0 Å². The highest BCUT2D eigenvalue weighted by Gasteiger charge is 2.36. The number of carbonyl (C=O) groups excluding carboxylic acids is 2. The molecule has 1 aromatic rings. The number of benzene rings is 1. The van der Waals surface area contributed by atoms with E-state index < -0.39 is 0 Å². The summed E-state index contributed by atoms with van der Waals surface area (Å²) in [6.45, 7) is 3.83. The third-order valence-electron chi connectivity index (χ3n) is 5.26. The summed E-state index contributed by atoms with van der Waals surface area (Å²) in [6, 6.07) is 4.76. The average molecular weight is 333 g/mol. The molecule has 0 saturated carbocycles. The highest BCUT2D eigenvalue weighted by molar-refractivity contribution is 5.94.